The first-order valence-corrected chi connectivity index (χ1v) is 4.85. The molecule has 0 saturated carbocycles. The predicted octanol–water partition coefficient (Wildman–Crippen LogP) is 2.04. The first-order valence-electron chi connectivity index (χ1n) is 4.85. The molecule has 2 aromatic rings. The van der Waals surface area contributed by atoms with E-state index in [1.165, 1.54) is 0 Å². The Labute approximate surface area is 87.3 Å². The number of aromatic nitrogens is 1. The molecule has 0 atom stereocenters. The van der Waals surface area contributed by atoms with Crippen molar-refractivity contribution in [2.24, 2.45) is 0 Å². The summed E-state index contributed by atoms with van der Waals surface area (Å²) in [6.45, 7) is 2.79. The highest BCUT2D eigenvalue weighted by Crippen LogP contribution is 2.21. The van der Waals surface area contributed by atoms with Gasteiger partial charge in [-0.2, -0.15) is 0 Å². The number of aryl methyl sites for hydroxylation is 1. The van der Waals surface area contributed by atoms with E-state index in [0.717, 1.165) is 17.4 Å². The normalized spacial score (nSPS) is 10.5. The maximum atomic E-state index is 11.4. The fourth-order valence-electron chi connectivity index (χ4n) is 1.77. The molecule has 0 aliphatic rings. The summed E-state index contributed by atoms with van der Waals surface area (Å²) >= 11 is 0. The summed E-state index contributed by atoms with van der Waals surface area (Å²) < 4.78 is 1.96. The van der Waals surface area contributed by atoms with E-state index in [9.17, 15) is 9.59 Å². The minimum absolute atomic E-state index is 0.363. The van der Waals surface area contributed by atoms with E-state index in [-0.39, 0.29) is 0 Å². The van der Waals surface area contributed by atoms with Gasteiger partial charge in [-0.3, -0.25) is 9.59 Å². The van der Waals surface area contributed by atoms with E-state index < -0.39 is 5.78 Å². The number of carbonyl (C=O) groups is 2. The van der Waals surface area contributed by atoms with Crippen LogP contribution in [0.4, 0.5) is 0 Å². The van der Waals surface area contributed by atoms with Crippen molar-refractivity contribution < 1.29 is 9.59 Å². The van der Waals surface area contributed by atoms with Gasteiger partial charge in [0.05, 0.1) is 5.56 Å². The molecule has 0 aliphatic heterocycles. The molecule has 15 heavy (non-hydrogen) atoms. The van der Waals surface area contributed by atoms with Gasteiger partial charge in [-0.15, -0.1) is 0 Å². The van der Waals surface area contributed by atoms with Crippen molar-refractivity contribution in [1.82, 2.24) is 4.57 Å². The van der Waals surface area contributed by atoms with Crippen molar-refractivity contribution >= 4 is 23.0 Å². The fraction of sp³-hybridized carbons (Fsp3) is 0.167. The van der Waals surface area contributed by atoms with E-state index in [2.05, 4.69) is 0 Å². The number of para-hydroxylation sites is 1. The van der Waals surface area contributed by atoms with Gasteiger partial charge >= 0.3 is 0 Å². The summed E-state index contributed by atoms with van der Waals surface area (Å²) in [6.07, 6.45) is 2.10. The second-order valence-electron chi connectivity index (χ2n) is 3.33. The molecule has 0 spiro atoms. The van der Waals surface area contributed by atoms with Gasteiger partial charge in [-0.25, -0.2) is 0 Å². The lowest BCUT2D eigenvalue weighted by atomic mass is 10.1. The molecule has 0 bridgehead atoms. The maximum Gasteiger partial charge on any atom is 0.227 e. The lowest BCUT2D eigenvalue weighted by Crippen LogP contribution is -1.98. The fourth-order valence-corrected chi connectivity index (χ4v) is 1.77. The van der Waals surface area contributed by atoms with Crippen LogP contribution < -0.4 is 0 Å². The Kier molecular flexibility index (Phi) is 2.37. The minimum atomic E-state index is -0.460. The Bertz CT molecular complexity index is 525. The lowest BCUT2D eigenvalue weighted by molar-refractivity contribution is -0.104. The van der Waals surface area contributed by atoms with Crippen LogP contribution in [0.1, 0.15) is 17.3 Å². The van der Waals surface area contributed by atoms with E-state index in [1.54, 1.807) is 6.20 Å². The molecule has 3 nitrogen and oxygen atoms in total. The van der Waals surface area contributed by atoms with Gasteiger partial charge in [0.1, 0.15) is 0 Å². The highest BCUT2D eigenvalue weighted by molar-refractivity contribution is 6.36. The van der Waals surface area contributed by atoms with Gasteiger partial charge in [0, 0.05) is 23.6 Å². The molecular weight excluding hydrogens is 190 g/mol. The van der Waals surface area contributed by atoms with Gasteiger partial charge < -0.3 is 4.57 Å². The Morgan fingerprint density at radius 1 is 1.40 bits per heavy atom. The molecule has 1 aromatic heterocycles. The maximum absolute atomic E-state index is 11.4. The van der Waals surface area contributed by atoms with Crippen LogP contribution in [0, 0.1) is 0 Å². The van der Waals surface area contributed by atoms with Gasteiger partial charge in [0.2, 0.25) is 5.78 Å². The zero-order chi connectivity index (χ0) is 10.8. The van der Waals surface area contributed by atoms with Crippen LogP contribution in [0.2, 0.25) is 0 Å². The third-order valence-electron chi connectivity index (χ3n) is 2.50. The molecule has 0 radical (unpaired) electrons. The van der Waals surface area contributed by atoms with Crippen molar-refractivity contribution in [2.45, 2.75) is 13.5 Å². The van der Waals surface area contributed by atoms with Gasteiger partial charge in [0.15, 0.2) is 6.29 Å². The van der Waals surface area contributed by atoms with Crippen molar-refractivity contribution in [3.05, 3.63) is 36.0 Å². The van der Waals surface area contributed by atoms with Crippen LogP contribution in [0.5, 0.6) is 0 Å². The molecule has 76 valence electrons. The summed E-state index contributed by atoms with van der Waals surface area (Å²) in [6, 6.07) is 7.59. The number of carbonyl (C=O) groups excluding carboxylic acids is 2. The summed E-state index contributed by atoms with van der Waals surface area (Å²) in [4.78, 5) is 21.9. The molecule has 1 aromatic carbocycles. The average Bonchev–Trinajstić information content (AvgIpc) is 2.67. The van der Waals surface area contributed by atoms with Crippen molar-refractivity contribution in [2.75, 3.05) is 0 Å². The average molecular weight is 201 g/mol. The second-order valence-corrected chi connectivity index (χ2v) is 3.33. The molecule has 0 fully saturated rings. The number of Topliss-reactive ketones (excluding diaryl/α,β-unsaturated/α-hetero) is 1. The molecule has 0 amide bonds. The predicted molar refractivity (Wildman–Crippen MR) is 58.0 cm³/mol. The number of nitrogens with zero attached hydrogens (tertiary/aromatic N) is 1. The number of rotatable bonds is 3. The number of ketones is 1. The smallest absolute Gasteiger partial charge is 0.227 e. The highest BCUT2D eigenvalue weighted by Gasteiger charge is 2.12. The third kappa shape index (κ3) is 1.46. The number of benzene rings is 1. The molecule has 3 heteroatoms. The van der Waals surface area contributed by atoms with Gasteiger partial charge in [-0.05, 0) is 13.0 Å². The van der Waals surface area contributed by atoms with Crippen molar-refractivity contribution in [3.63, 3.8) is 0 Å². The van der Waals surface area contributed by atoms with E-state index in [0.29, 0.717) is 11.8 Å². The first kappa shape index (κ1) is 9.65. The van der Waals surface area contributed by atoms with Crippen molar-refractivity contribution in [3.8, 4) is 0 Å². The topological polar surface area (TPSA) is 39.1 Å². The Balaban J connectivity index is 2.75. The summed E-state index contributed by atoms with van der Waals surface area (Å²) in [5.74, 6) is -0.460. The molecule has 1 heterocycles. The van der Waals surface area contributed by atoms with E-state index >= 15 is 0 Å². The SMILES string of the molecule is CCn1cc(C(=O)C=O)c2ccccc21. The molecule has 2 rings (SSSR count). The van der Waals surface area contributed by atoms with Gasteiger partial charge in [0.25, 0.3) is 0 Å². The van der Waals surface area contributed by atoms with Crippen molar-refractivity contribution in [1.29, 1.82) is 0 Å². The third-order valence-corrected chi connectivity index (χ3v) is 2.50. The van der Waals surface area contributed by atoms with Crippen LogP contribution in [-0.2, 0) is 11.3 Å². The number of fused-ring (bicyclic) bond motifs is 1. The molecule has 0 aliphatic carbocycles. The molecule has 0 unspecified atom stereocenters. The molecule has 0 saturated heterocycles. The summed E-state index contributed by atoms with van der Waals surface area (Å²) in [5.41, 5.74) is 1.48. The minimum Gasteiger partial charge on any atom is -0.347 e. The van der Waals surface area contributed by atoms with Crippen LogP contribution in [0.25, 0.3) is 10.9 Å². The summed E-state index contributed by atoms with van der Waals surface area (Å²) in [7, 11) is 0. The summed E-state index contributed by atoms with van der Waals surface area (Å²) in [5, 5.41) is 0.844. The van der Waals surface area contributed by atoms with E-state index in [4.69, 9.17) is 0 Å². The Hall–Kier alpha value is -1.90. The number of aldehydes is 1. The van der Waals surface area contributed by atoms with Crippen LogP contribution >= 0.6 is 0 Å². The first-order chi connectivity index (χ1) is 7.27. The van der Waals surface area contributed by atoms with Crippen LogP contribution in [0.15, 0.2) is 30.5 Å². The zero-order valence-corrected chi connectivity index (χ0v) is 8.43. The zero-order valence-electron chi connectivity index (χ0n) is 8.43. The van der Waals surface area contributed by atoms with Crippen LogP contribution in [0.3, 0.4) is 0 Å². The Morgan fingerprint density at radius 2 is 2.13 bits per heavy atom. The molecular formula is C12H11NO2. The lowest BCUT2D eigenvalue weighted by Gasteiger charge is -1.97. The quantitative estimate of drug-likeness (QED) is 0.433. The van der Waals surface area contributed by atoms with Crippen LogP contribution in [-0.4, -0.2) is 16.6 Å². The monoisotopic (exact) mass is 201 g/mol. The second kappa shape index (κ2) is 3.69. The number of hydrogen-bond donors (Lipinski definition) is 0. The molecule has 0 N–H and O–H groups in total. The van der Waals surface area contributed by atoms with E-state index in [1.807, 2.05) is 35.8 Å². The number of hydrogen-bond acceptors (Lipinski definition) is 2. The highest BCUT2D eigenvalue weighted by atomic mass is 16.2. The Morgan fingerprint density at radius 3 is 2.80 bits per heavy atom. The van der Waals surface area contributed by atoms with Gasteiger partial charge in [-0.1, -0.05) is 18.2 Å². The largest absolute Gasteiger partial charge is 0.347 e. The standard InChI is InChI=1S/C12H11NO2/c1-2-13-7-10(12(15)8-14)9-5-3-4-6-11(9)13/h3-8H,2H2,1H3.